The van der Waals surface area contributed by atoms with Gasteiger partial charge in [0.25, 0.3) is 0 Å². The molecule has 0 N–H and O–H groups in total. The second kappa shape index (κ2) is 9.02. The van der Waals surface area contributed by atoms with Gasteiger partial charge in [0.15, 0.2) is 11.5 Å². The molecule has 0 saturated carbocycles. The highest BCUT2D eigenvalue weighted by Gasteiger charge is 2.45. The Morgan fingerprint density at radius 3 is 2.47 bits per heavy atom. The molecule has 0 aromatic heterocycles. The fourth-order valence-electron chi connectivity index (χ4n) is 4.43. The van der Waals surface area contributed by atoms with Gasteiger partial charge in [0, 0.05) is 31.9 Å². The lowest BCUT2D eigenvalue weighted by atomic mass is 9.72. The summed E-state index contributed by atoms with van der Waals surface area (Å²) in [6, 6.07) is 10.7. The van der Waals surface area contributed by atoms with Crippen molar-refractivity contribution in [2.75, 3.05) is 33.0 Å². The summed E-state index contributed by atoms with van der Waals surface area (Å²) < 4.78 is 57.1. The summed E-state index contributed by atoms with van der Waals surface area (Å²) in [5.41, 5.74) is -0.626. The second-order valence-electron chi connectivity index (χ2n) is 8.03. The minimum atomic E-state index is -4.48. The van der Waals surface area contributed by atoms with Gasteiger partial charge in [-0.2, -0.15) is 13.2 Å². The number of halogens is 3. The van der Waals surface area contributed by atoms with Gasteiger partial charge in [0.2, 0.25) is 5.91 Å². The van der Waals surface area contributed by atoms with E-state index in [1.54, 1.807) is 11.0 Å². The molecule has 2 heterocycles. The first-order valence-corrected chi connectivity index (χ1v) is 10.8. The van der Waals surface area contributed by atoms with Crippen LogP contribution in [0.5, 0.6) is 11.5 Å². The third-order valence-electron chi connectivity index (χ3n) is 6.18. The standard InChI is InChI=1S/C24H26F3NO4/c1-2-28(16-17-5-3-8-20-21(17)32-14-13-31-20)22(29)23(9-11-30-12-10-23)18-6-4-7-19(15-18)24(25,26)27/h3-8,15H,2,9-14,16H2,1H3. The molecule has 0 spiro atoms. The topological polar surface area (TPSA) is 48.0 Å². The lowest BCUT2D eigenvalue weighted by molar-refractivity contribution is -0.142. The number of carbonyl (C=O) groups excluding carboxylic acids is 1. The number of likely N-dealkylation sites (N-methyl/N-ethyl adjacent to an activating group) is 1. The van der Waals surface area contributed by atoms with Crippen molar-refractivity contribution in [1.82, 2.24) is 4.90 Å². The summed E-state index contributed by atoms with van der Waals surface area (Å²) in [4.78, 5) is 15.6. The number of para-hydroxylation sites is 1. The predicted molar refractivity (Wildman–Crippen MR) is 112 cm³/mol. The molecule has 0 unspecified atom stereocenters. The molecule has 1 saturated heterocycles. The lowest BCUT2D eigenvalue weighted by Crippen LogP contribution is -2.49. The number of benzene rings is 2. The zero-order valence-electron chi connectivity index (χ0n) is 17.9. The minimum absolute atomic E-state index is 0.197. The highest BCUT2D eigenvalue weighted by atomic mass is 19.4. The maximum atomic E-state index is 13.9. The molecule has 0 bridgehead atoms. The van der Waals surface area contributed by atoms with Crippen molar-refractivity contribution in [1.29, 1.82) is 0 Å². The Morgan fingerprint density at radius 2 is 1.75 bits per heavy atom. The Balaban J connectivity index is 1.69. The maximum Gasteiger partial charge on any atom is 0.416 e. The summed E-state index contributed by atoms with van der Waals surface area (Å²) in [6.45, 7) is 4.08. The Morgan fingerprint density at radius 1 is 1.03 bits per heavy atom. The van der Waals surface area contributed by atoms with E-state index in [1.165, 1.54) is 6.07 Å². The summed E-state index contributed by atoms with van der Waals surface area (Å²) >= 11 is 0. The van der Waals surface area contributed by atoms with Crippen LogP contribution in [-0.4, -0.2) is 43.8 Å². The van der Waals surface area contributed by atoms with E-state index in [-0.39, 0.29) is 12.5 Å². The second-order valence-corrected chi connectivity index (χ2v) is 8.03. The zero-order chi connectivity index (χ0) is 22.8. The lowest BCUT2D eigenvalue weighted by Gasteiger charge is -2.40. The van der Waals surface area contributed by atoms with Gasteiger partial charge in [-0.1, -0.05) is 30.3 Å². The van der Waals surface area contributed by atoms with Gasteiger partial charge in [-0.05, 0) is 37.5 Å². The molecule has 0 aliphatic carbocycles. The first-order valence-electron chi connectivity index (χ1n) is 10.8. The van der Waals surface area contributed by atoms with Gasteiger partial charge in [0.1, 0.15) is 13.2 Å². The van der Waals surface area contributed by atoms with Gasteiger partial charge < -0.3 is 19.1 Å². The molecule has 0 atom stereocenters. The highest BCUT2D eigenvalue weighted by Crippen LogP contribution is 2.41. The van der Waals surface area contributed by atoms with Gasteiger partial charge in [-0.3, -0.25) is 4.79 Å². The van der Waals surface area contributed by atoms with E-state index in [9.17, 15) is 18.0 Å². The highest BCUT2D eigenvalue weighted by molar-refractivity contribution is 5.88. The molecular weight excluding hydrogens is 423 g/mol. The molecule has 2 aromatic carbocycles. The Labute approximate surface area is 185 Å². The molecule has 1 amide bonds. The van der Waals surface area contributed by atoms with Crippen molar-refractivity contribution in [3.05, 3.63) is 59.2 Å². The van der Waals surface area contributed by atoms with Crippen LogP contribution in [0.1, 0.15) is 36.5 Å². The fourth-order valence-corrected chi connectivity index (χ4v) is 4.43. The smallest absolute Gasteiger partial charge is 0.416 e. The molecule has 172 valence electrons. The predicted octanol–water partition coefficient (Wildman–Crippen LogP) is 4.57. The molecule has 1 fully saturated rings. The van der Waals surface area contributed by atoms with Crippen molar-refractivity contribution < 1.29 is 32.2 Å². The van der Waals surface area contributed by atoms with Crippen molar-refractivity contribution in [3.8, 4) is 11.5 Å². The van der Waals surface area contributed by atoms with Crippen molar-refractivity contribution >= 4 is 5.91 Å². The van der Waals surface area contributed by atoms with Gasteiger partial charge >= 0.3 is 6.18 Å². The maximum absolute atomic E-state index is 13.9. The van der Waals surface area contributed by atoms with Crippen LogP contribution in [0.25, 0.3) is 0 Å². The van der Waals surface area contributed by atoms with Crippen LogP contribution < -0.4 is 9.47 Å². The van der Waals surface area contributed by atoms with Crippen molar-refractivity contribution in [2.24, 2.45) is 0 Å². The van der Waals surface area contributed by atoms with Crippen LogP contribution in [-0.2, 0) is 27.7 Å². The van der Waals surface area contributed by atoms with Crippen LogP contribution in [0.15, 0.2) is 42.5 Å². The molecule has 5 nitrogen and oxygen atoms in total. The molecule has 0 radical (unpaired) electrons. The molecular formula is C24H26F3NO4. The van der Waals surface area contributed by atoms with E-state index < -0.39 is 17.2 Å². The van der Waals surface area contributed by atoms with Gasteiger partial charge in [-0.15, -0.1) is 0 Å². The van der Waals surface area contributed by atoms with Crippen molar-refractivity contribution in [2.45, 2.75) is 37.9 Å². The van der Waals surface area contributed by atoms with Crippen molar-refractivity contribution in [3.63, 3.8) is 0 Å². The van der Waals surface area contributed by atoms with E-state index in [0.717, 1.165) is 17.7 Å². The molecule has 2 aromatic rings. The number of rotatable bonds is 5. The zero-order valence-corrected chi connectivity index (χ0v) is 17.9. The van der Waals surface area contributed by atoms with E-state index >= 15 is 0 Å². The number of hydrogen-bond donors (Lipinski definition) is 0. The Hall–Kier alpha value is -2.74. The number of amides is 1. The van der Waals surface area contributed by atoms with Crippen LogP contribution in [0.3, 0.4) is 0 Å². The third-order valence-corrected chi connectivity index (χ3v) is 6.18. The van der Waals surface area contributed by atoms with Crippen LogP contribution in [0.4, 0.5) is 13.2 Å². The summed E-state index contributed by atoms with van der Waals surface area (Å²) in [7, 11) is 0. The number of carbonyl (C=O) groups is 1. The Bertz CT molecular complexity index is 970. The van der Waals surface area contributed by atoms with Crippen LogP contribution in [0, 0.1) is 0 Å². The number of ether oxygens (including phenoxy) is 3. The third kappa shape index (κ3) is 4.28. The number of alkyl halides is 3. The summed E-state index contributed by atoms with van der Waals surface area (Å²) in [5, 5.41) is 0. The Kier molecular flexibility index (Phi) is 6.33. The molecule has 2 aliphatic heterocycles. The summed E-state index contributed by atoms with van der Waals surface area (Å²) in [6.07, 6.45) is -3.82. The summed E-state index contributed by atoms with van der Waals surface area (Å²) in [5.74, 6) is 1.05. The number of nitrogens with zero attached hydrogens (tertiary/aromatic N) is 1. The monoisotopic (exact) mass is 449 g/mol. The molecule has 8 heteroatoms. The van der Waals surface area contributed by atoms with E-state index in [2.05, 4.69) is 0 Å². The van der Waals surface area contributed by atoms with E-state index in [0.29, 0.717) is 62.9 Å². The van der Waals surface area contributed by atoms with Gasteiger partial charge in [-0.25, -0.2) is 0 Å². The SMILES string of the molecule is CCN(Cc1cccc2c1OCCO2)C(=O)C1(c2cccc(C(F)(F)F)c2)CCOCC1. The molecule has 4 rings (SSSR count). The number of hydrogen-bond acceptors (Lipinski definition) is 4. The minimum Gasteiger partial charge on any atom is -0.486 e. The first kappa shape index (κ1) is 22.5. The first-order chi connectivity index (χ1) is 15.3. The van der Waals surface area contributed by atoms with E-state index in [1.807, 2.05) is 25.1 Å². The van der Waals surface area contributed by atoms with E-state index in [4.69, 9.17) is 14.2 Å². The number of fused-ring (bicyclic) bond motifs is 1. The van der Waals surface area contributed by atoms with Crippen LogP contribution in [0.2, 0.25) is 0 Å². The normalized spacial score (nSPS) is 17.6. The fraction of sp³-hybridized carbons (Fsp3) is 0.458. The molecule has 32 heavy (non-hydrogen) atoms. The van der Waals surface area contributed by atoms with Crippen LogP contribution >= 0.6 is 0 Å². The average molecular weight is 449 g/mol. The van der Waals surface area contributed by atoms with Gasteiger partial charge in [0.05, 0.1) is 11.0 Å². The largest absolute Gasteiger partial charge is 0.486 e. The average Bonchev–Trinajstić information content (AvgIpc) is 2.82. The quantitative estimate of drug-likeness (QED) is 0.671. The molecule has 2 aliphatic rings.